The average Bonchev–Trinajstić information content (AvgIpc) is 2.68. The molecule has 0 aliphatic rings. The van der Waals surface area contributed by atoms with Gasteiger partial charge in [0.05, 0.1) is 30.3 Å². The number of aliphatic hydroxyl groups excluding tert-OH is 1. The first kappa shape index (κ1) is 18.5. The zero-order valence-electron chi connectivity index (χ0n) is 14.7. The maximum atomic E-state index is 14.4. The molecule has 2 aromatic carbocycles. The Bertz CT molecular complexity index is 943. The second-order valence-electron chi connectivity index (χ2n) is 6.12. The lowest BCUT2D eigenvalue weighted by atomic mass is 9.97. The summed E-state index contributed by atoms with van der Waals surface area (Å²) in [5, 5.41) is 11.7. The van der Waals surface area contributed by atoms with Crippen molar-refractivity contribution < 1.29 is 14.3 Å². The van der Waals surface area contributed by atoms with E-state index in [1.54, 1.807) is 37.4 Å². The van der Waals surface area contributed by atoms with E-state index in [1.807, 2.05) is 12.1 Å². The normalized spacial score (nSPS) is 11.8. The number of aliphatic hydroxyl groups is 1. The fourth-order valence-electron chi connectivity index (χ4n) is 2.64. The van der Waals surface area contributed by atoms with E-state index in [0.29, 0.717) is 22.6 Å². The van der Waals surface area contributed by atoms with Gasteiger partial charge in [-0.15, -0.1) is 0 Å². The Morgan fingerprint density at radius 2 is 1.85 bits per heavy atom. The predicted octanol–water partition coefficient (Wildman–Crippen LogP) is 2.64. The first-order chi connectivity index (χ1) is 13.0. The van der Waals surface area contributed by atoms with Crippen LogP contribution in [0.2, 0.25) is 0 Å². The van der Waals surface area contributed by atoms with E-state index in [1.165, 1.54) is 12.3 Å². The number of aromatic nitrogens is 2. The van der Waals surface area contributed by atoms with Gasteiger partial charge in [0, 0.05) is 11.6 Å². The second-order valence-corrected chi connectivity index (χ2v) is 6.12. The fraction of sp³-hybridized carbons (Fsp3) is 0.150. The molecule has 1 amide bonds. The van der Waals surface area contributed by atoms with E-state index in [0.717, 1.165) is 5.56 Å². The molecule has 3 rings (SSSR count). The van der Waals surface area contributed by atoms with E-state index in [4.69, 9.17) is 10.8 Å². The first-order valence-corrected chi connectivity index (χ1v) is 8.38. The number of benzene rings is 2. The minimum Gasteiger partial charge on any atom is -0.394 e. The largest absolute Gasteiger partial charge is 0.394 e. The number of nitrogen functional groups attached to an aromatic ring is 1. The smallest absolute Gasteiger partial charge is 0.255 e. The predicted molar refractivity (Wildman–Crippen MR) is 101 cm³/mol. The zero-order valence-corrected chi connectivity index (χ0v) is 14.7. The first-order valence-electron chi connectivity index (χ1n) is 8.38. The van der Waals surface area contributed by atoms with Crippen molar-refractivity contribution in [1.82, 2.24) is 15.3 Å². The van der Waals surface area contributed by atoms with Crippen molar-refractivity contribution >= 4 is 11.7 Å². The van der Waals surface area contributed by atoms with Crippen LogP contribution in [0.25, 0.3) is 22.4 Å². The molecule has 138 valence electrons. The van der Waals surface area contributed by atoms with Crippen molar-refractivity contribution in [2.45, 2.75) is 13.0 Å². The number of halogens is 1. The maximum Gasteiger partial charge on any atom is 0.255 e. The van der Waals surface area contributed by atoms with E-state index >= 15 is 0 Å². The highest BCUT2D eigenvalue weighted by atomic mass is 19.1. The van der Waals surface area contributed by atoms with Crippen LogP contribution in [0, 0.1) is 5.82 Å². The molecule has 0 fully saturated rings. The highest BCUT2D eigenvalue weighted by molar-refractivity contribution is 6.01. The van der Waals surface area contributed by atoms with E-state index in [2.05, 4.69) is 15.3 Å². The van der Waals surface area contributed by atoms with Crippen LogP contribution in [-0.2, 0) is 0 Å². The van der Waals surface area contributed by atoms with Gasteiger partial charge in [0.2, 0.25) is 0 Å². The summed E-state index contributed by atoms with van der Waals surface area (Å²) < 4.78 is 14.4. The topological polar surface area (TPSA) is 101 Å². The van der Waals surface area contributed by atoms with Crippen LogP contribution in [-0.4, -0.2) is 33.6 Å². The van der Waals surface area contributed by atoms with E-state index < -0.39 is 17.8 Å². The molecule has 0 bridgehead atoms. The molecule has 6 nitrogen and oxygen atoms in total. The van der Waals surface area contributed by atoms with Crippen molar-refractivity contribution in [3.63, 3.8) is 0 Å². The molecule has 3 aromatic rings. The third kappa shape index (κ3) is 4.09. The summed E-state index contributed by atoms with van der Waals surface area (Å²) >= 11 is 0. The van der Waals surface area contributed by atoms with Gasteiger partial charge in [-0.05, 0) is 24.1 Å². The number of carbonyl (C=O) groups excluding carboxylic acids is 1. The number of anilines is 1. The number of nitrogens with one attached hydrogen (secondary N) is 1. The van der Waals surface area contributed by atoms with Crippen LogP contribution in [0.15, 0.2) is 54.9 Å². The van der Waals surface area contributed by atoms with Crippen molar-refractivity contribution in [1.29, 1.82) is 0 Å². The molecule has 1 heterocycles. The van der Waals surface area contributed by atoms with Crippen LogP contribution in [0.5, 0.6) is 0 Å². The number of carbonyl (C=O) groups is 1. The lowest BCUT2D eigenvalue weighted by Gasteiger charge is -2.15. The lowest BCUT2D eigenvalue weighted by molar-refractivity contribution is 0.0919. The van der Waals surface area contributed by atoms with Crippen LogP contribution >= 0.6 is 0 Å². The highest BCUT2D eigenvalue weighted by Crippen LogP contribution is 2.28. The van der Waals surface area contributed by atoms with E-state index in [9.17, 15) is 9.18 Å². The molecule has 0 radical (unpaired) electrons. The molecule has 0 aliphatic heterocycles. The minimum absolute atomic E-state index is 0.0576. The molecular formula is C20H19FN4O2. The third-order valence-electron chi connectivity index (χ3n) is 4.06. The maximum absolute atomic E-state index is 14.4. The van der Waals surface area contributed by atoms with Gasteiger partial charge in [0.15, 0.2) is 0 Å². The van der Waals surface area contributed by atoms with Crippen LogP contribution in [0.4, 0.5) is 10.2 Å². The van der Waals surface area contributed by atoms with E-state index in [-0.39, 0.29) is 12.2 Å². The molecule has 0 unspecified atom stereocenters. The number of hydrogen-bond donors (Lipinski definition) is 3. The van der Waals surface area contributed by atoms with Gasteiger partial charge in [-0.3, -0.25) is 9.78 Å². The number of nitrogens with zero attached hydrogens (tertiary/aromatic N) is 2. The Morgan fingerprint density at radius 3 is 2.48 bits per heavy atom. The van der Waals surface area contributed by atoms with Crippen molar-refractivity contribution in [2.24, 2.45) is 0 Å². The molecule has 0 saturated carbocycles. The fourth-order valence-corrected chi connectivity index (χ4v) is 2.64. The molecule has 27 heavy (non-hydrogen) atoms. The summed E-state index contributed by atoms with van der Waals surface area (Å²) in [7, 11) is 0. The molecule has 0 spiro atoms. The summed E-state index contributed by atoms with van der Waals surface area (Å²) in [6, 6.07) is 11.2. The Labute approximate surface area is 155 Å². The molecule has 4 N–H and O–H groups in total. The second kappa shape index (κ2) is 7.92. The number of nitrogens with two attached hydrogens (primary N) is 1. The molecule has 7 heteroatoms. The van der Waals surface area contributed by atoms with Gasteiger partial charge in [-0.2, -0.15) is 0 Å². The summed E-state index contributed by atoms with van der Waals surface area (Å²) in [6.45, 7) is 1.41. The summed E-state index contributed by atoms with van der Waals surface area (Å²) in [6.07, 6.45) is 3.04. The monoisotopic (exact) mass is 366 g/mol. The van der Waals surface area contributed by atoms with Crippen LogP contribution < -0.4 is 11.1 Å². The Balaban J connectivity index is 1.95. The SMILES string of the molecule is C[C@@H](CO)NC(=O)c1c(F)cccc1-c1ccc(-c2cnc(N)cn2)cc1. The Kier molecular flexibility index (Phi) is 5.42. The molecular weight excluding hydrogens is 347 g/mol. The molecule has 0 aliphatic carbocycles. The standard InChI is InChI=1S/C20H19FN4O2/c1-12(11-26)25-20(27)19-15(3-2-4-16(19)21)13-5-7-14(8-6-13)17-9-24-18(22)10-23-17/h2-10,12,26H,11H2,1H3,(H2,22,24)(H,25,27)/t12-/m0/s1. The summed E-state index contributed by atoms with van der Waals surface area (Å²) in [4.78, 5) is 20.7. The Morgan fingerprint density at radius 1 is 1.15 bits per heavy atom. The molecule has 0 saturated heterocycles. The van der Waals surface area contributed by atoms with Gasteiger partial charge >= 0.3 is 0 Å². The quantitative estimate of drug-likeness (QED) is 0.644. The van der Waals surface area contributed by atoms with Crippen LogP contribution in [0.1, 0.15) is 17.3 Å². The average molecular weight is 366 g/mol. The number of hydrogen-bond acceptors (Lipinski definition) is 5. The van der Waals surface area contributed by atoms with Gasteiger partial charge < -0.3 is 16.2 Å². The van der Waals surface area contributed by atoms with Gasteiger partial charge in [0.1, 0.15) is 11.6 Å². The number of amides is 1. The Hall–Kier alpha value is -3.32. The van der Waals surface area contributed by atoms with Crippen molar-refractivity contribution in [2.75, 3.05) is 12.3 Å². The van der Waals surface area contributed by atoms with Gasteiger partial charge in [-0.1, -0.05) is 36.4 Å². The van der Waals surface area contributed by atoms with Crippen molar-refractivity contribution in [3.8, 4) is 22.4 Å². The minimum atomic E-state index is -0.622. The lowest BCUT2D eigenvalue weighted by Crippen LogP contribution is -2.35. The molecule has 1 atom stereocenters. The van der Waals surface area contributed by atoms with Crippen molar-refractivity contribution in [3.05, 3.63) is 66.2 Å². The number of rotatable bonds is 5. The summed E-state index contributed by atoms with van der Waals surface area (Å²) in [5.41, 5.74) is 8.12. The highest BCUT2D eigenvalue weighted by Gasteiger charge is 2.19. The van der Waals surface area contributed by atoms with Gasteiger partial charge in [-0.25, -0.2) is 9.37 Å². The third-order valence-corrected chi connectivity index (χ3v) is 4.06. The van der Waals surface area contributed by atoms with Gasteiger partial charge in [0.25, 0.3) is 5.91 Å². The summed E-state index contributed by atoms with van der Waals surface area (Å²) in [5.74, 6) is -0.857. The molecule has 1 aromatic heterocycles. The zero-order chi connectivity index (χ0) is 19.4. The van der Waals surface area contributed by atoms with Crippen LogP contribution in [0.3, 0.4) is 0 Å².